The first kappa shape index (κ1) is 13.4. The monoisotopic (exact) mass is 247 g/mol. The first-order valence-corrected chi connectivity index (χ1v) is 7.05. The highest BCUT2D eigenvalue weighted by atomic mass is 16.5. The molecule has 18 heavy (non-hydrogen) atoms. The molecule has 1 saturated carbocycles. The van der Waals surface area contributed by atoms with Crippen molar-refractivity contribution in [2.75, 3.05) is 7.11 Å². The minimum Gasteiger partial charge on any atom is -0.497 e. The molecule has 0 aromatic heterocycles. The summed E-state index contributed by atoms with van der Waals surface area (Å²) < 4.78 is 5.17. The van der Waals surface area contributed by atoms with Crippen molar-refractivity contribution in [3.63, 3.8) is 0 Å². The molecule has 0 bridgehead atoms. The van der Waals surface area contributed by atoms with Crippen molar-refractivity contribution in [3.05, 3.63) is 29.8 Å². The van der Waals surface area contributed by atoms with Crippen LogP contribution in [0.3, 0.4) is 0 Å². The maximum atomic E-state index is 5.17. The van der Waals surface area contributed by atoms with Gasteiger partial charge in [0.2, 0.25) is 0 Å². The highest BCUT2D eigenvalue weighted by molar-refractivity contribution is 5.27. The Bertz CT molecular complexity index is 360. The molecule has 3 atom stereocenters. The van der Waals surface area contributed by atoms with Crippen LogP contribution in [0.25, 0.3) is 0 Å². The average Bonchev–Trinajstić information content (AvgIpc) is 2.40. The lowest BCUT2D eigenvalue weighted by molar-refractivity contribution is 0.227. The lowest BCUT2D eigenvalue weighted by Gasteiger charge is -2.33. The molecule has 2 nitrogen and oxygen atoms in total. The van der Waals surface area contributed by atoms with E-state index in [4.69, 9.17) is 4.74 Å². The molecule has 3 unspecified atom stereocenters. The van der Waals surface area contributed by atoms with Crippen LogP contribution in [0.4, 0.5) is 0 Å². The van der Waals surface area contributed by atoms with Gasteiger partial charge in [0.25, 0.3) is 0 Å². The van der Waals surface area contributed by atoms with Crippen LogP contribution in [0.15, 0.2) is 24.3 Å². The molecule has 2 heteroatoms. The number of hydrogen-bond acceptors (Lipinski definition) is 2. The molecule has 0 heterocycles. The summed E-state index contributed by atoms with van der Waals surface area (Å²) in [4.78, 5) is 0. The van der Waals surface area contributed by atoms with Gasteiger partial charge in [-0.2, -0.15) is 0 Å². The van der Waals surface area contributed by atoms with Crippen molar-refractivity contribution in [2.24, 2.45) is 11.8 Å². The molecule has 0 aliphatic heterocycles. The molecule has 1 fully saturated rings. The quantitative estimate of drug-likeness (QED) is 0.877. The normalized spacial score (nSPS) is 28.1. The molecule has 0 radical (unpaired) electrons. The third-order valence-electron chi connectivity index (χ3n) is 4.19. The summed E-state index contributed by atoms with van der Waals surface area (Å²) in [5, 5.41) is 3.71. The fraction of sp³-hybridized carbons (Fsp3) is 0.625. The van der Waals surface area contributed by atoms with Crippen LogP contribution in [-0.4, -0.2) is 13.2 Å². The number of ether oxygens (including phenoxy) is 1. The van der Waals surface area contributed by atoms with Gasteiger partial charge in [-0.3, -0.25) is 0 Å². The highest BCUT2D eigenvalue weighted by Crippen LogP contribution is 2.28. The molecule has 0 spiro atoms. The van der Waals surface area contributed by atoms with Crippen LogP contribution < -0.4 is 10.1 Å². The SMILES string of the molecule is COc1ccc(CNC2CC(C)CCC2C)cc1. The van der Waals surface area contributed by atoms with E-state index in [1.165, 1.54) is 24.8 Å². The maximum absolute atomic E-state index is 5.17. The van der Waals surface area contributed by atoms with E-state index in [2.05, 4.69) is 31.3 Å². The Hall–Kier alpha value is -1.02. The smallest absolute Gasteiger partial charge is 0.118 e. The summed E-state index contributed by atoms with van der Waals surface area (Å²) in [6.07, 6.45) is 4.07. The van der Waals surface area contributed by atoms with E-state index in [9.17, 15) is 0 Å². The topological polar surface area (TPSA) is 21.3 Å². The molecule has 1 N–H and O–H groups in total. The molecular formula is C16H25NO. The Balaban J connectivity index is 1.86. The first-order chi connectivity index (χ1) is 8.69. The highest BCUT2D eigenvalue weighted by Gasteiger charge is 2.24. The zero-order chi connectivity index (χ0) is 13.0. The van der Waals surface area contributed by atoms with Crippen LogP contribution in [-0.2, 0) is 6.54 Å². The Morgan fingerprint density at radius 2 is 1.89 bits per heavy atom. The van der Waals surface area contributed by atoms with E-state index in [0.717, 1.165) is 24.1 Å². The molecule has 100 valence electrons. The number of rotatable bonds is 4. The standard InChI is InChI=1S/C16H25NO/c1-12-4-5-13(2)16(10-12)17-11-14-6-8-15(18-3)9-7-14/h6-9,12-13,16-17H,4-5,10-11H2,1-3H3. The minimum atomic E-state index is 0.677. The van der Waals surface area contributed by atoms with Gasteiger partial charge < -0.3 is 10.1 Å². The van der Waals surface area contributed by atoms with Crippen molar-refractivity contribution >= 4 is 0 Å². The summed E-state index contributed by atoms with van der Waals surface area (Å²) in [5.41, 5.74) is 1.33. The number of benzene rings is 1. The van der Waals surface area contributed by atoms with Gasteiger partial charge in [-0.1, -0.05) is 32.4 Å². The predicted octanol–water partition coefficient (Wildman–Crippen LogP) is 3.61. The summed E-state index contributed by atoms with van der Waals surface area (Å²) in [5.74, 6) is 2.60. The minimum absolute atomic E-state index is 0.677. The third kappa shape index (κ3) is 3.49. The second-order valence-electron chi connectivity index (χ2n) is 5.73. The molecule has 1 aromatic rings. The van der Waals surface area contributed by atoms with E-state index in [-0.39, 0.29) is 0 Å². The van der Waals surface area contributed by atoms with Crippen LogP contribution in [0, 0.1) is 11.8 Å². The van der Waals surface area contributed by atoms with Crippen molar-refractivity contribution < 1.29 is 4.74 Å². The largest absolute Gasteiger partial charge is 0.497 e. The maximum Gasteiger partial charge on any atom is 0.118 e. The number of hydrogen-bond donors (Lipinski definition) is 1. The summed E-state index contributed by atoms with van der Waals surface area (Å²) in [7, 11) is 1.71. The van der Waals surface area contributed by atoms with Gasteiger partial charge in [-0.05, 0) is 42.4 Å². The average molecular weight is 247 g/mol. The molecule has 1 aliphatic rings. The zero-order valence-electron chi connectivity index (χ0n) is 11.8. The van der Waals surface area contributed by atoms with Crippen molar-refractivity contribution in [1.82, 2.24) is 5.32 Å². The van der Waals surface area contributed by atoms with Crippen LogP contribution >= 0.6 is 0 Å². The van der Waals surface area contributed by atoms with Gasteiger partial charge in [0, 0.05) is 12.6 Å². The lowest BCUT2D eigenvalue weighted by atomic mass is 9.80. The predicted molar refractivity (Wildman–Crippen MR) is 75.8 cm³/mol. The zero-order valence-corrected chi connectivity index (χ0v) is 11.8. The van der Waals surface area contributed by atoms with Gasteiger partial charge in [-0.25, -0.2) is 0 Å². The third-order valence-corrected chi connectivity index (χ3v) is 4.19. The molecule has 1 aromatic carbocycles. The van der Waals surface area contributed by atoms with Gasteiger partial charge in [-0.15, -0.1) is 0 Å². The van der Waals surface area contributed by atoms with Crippen molar-refractivity contribution in [2.45, 2.75) is 45.7 Å². The van der Waals surface area contributed by atoms with Crippen LogP contribution in [0.2, 0.25) is 0 Å². The van der Waals surface area contributed by atoms with Crippen molar-refractivity contribution in [3.8, 4) is 5.75 Å². The number of methoxy groups -OCH3 is 1. The fourth-order valence-electron chi connectivity index (χ4n) is 2.81. The second-order valence-corrected chi connectivity index (χ2v) is 5.73. The molecule has 0 saturated heterocycles. The Kier molecular flexibility index (Phi) is 4.65. The molecule has 1 aliphatic carbocycles. The van der Waals surface area contributed by atoms with Gasteiger partial charge in [0.15, 0.2) is 0 Å². The Morgan fingerprint density at radius 1 is 1.17 bits per heavy atom. The molecule has 0 amide bonds. The Morgan fingerprint density at radius 3 is 2.56 bits per heavy atom. The Labute approximate surface area is 111 Å². The van der Waals surface area contributed by atoms with E-state index < -0.39 is 0 Å². The van der Waals surface area contributed by atoms with E-state index in [1.54, 1.807) is 7.11 Å². The van der Waals surface area contributed by atoms with E-state index in [1.807, 2.05) is 12.1 Å². The fourth-order valence-corrected chi connectivity index (χ4v) is 2.81. The summed E-state index contributed by atoms with van der Waals surface area (Å²) in [6.45, 7) is 5.71. The summed E-state index contributed by atoms with van der Waals surface area (Å²) in [6, 6.07) is 9.02. The van der Waals surface area contributed by atoms with Crippen LogP contribution in [0.1, 0.15) is 38.7 Å². The van der Waals surface area contributed by atoms with Gasteiger partial charge in [0.1, 0.15) is 5.75 Å². The van der Waals surface area contributed by atoms with E-state index >= 15 is 0 Å². The second kappa shape index (κ2) is 6.24. The van der Waals surface area contributed by atoms with Crippen molar-refractivity contribution in [1.29, 1.82) is 0 Å². The lowest BCUT2D eigenvalue weighted by Crippen LogP contribution is -2.39. The first-order valence-electron chi connectivity index (χ1n) is 7.05. The van der Waals surface area contributed by atoms with E-state index in [0.29, 0.717) is 6.04 Å². The van der Waals surface area contributed by atoms with Gasteiger partial charge >= 0.3 is 0 Å². The number of nitrogens with one attached hydrogen (secondary N) is 1. The van der Waals surface area contributed by atoms with Crippen LogP contribution in [0.5, 0.6) is 5.75 Å². The molecular weight excluding hydrogens is 222 g/mol. The molecule has 2 rings (SSSR count). The summed E-state index contributed by atoms with van der Waals surface area (Å²) >= 11 is 0. The van der Waals surface area contributed by atoms with Gasteiger partial charge in [0.05, 0.1) is 7.11 Å².